The van der Waals surface area contributed by atoms with Gasteiger partial charge in [0, 0.05) is 10.7 Å². The fourth-order valence-electron chi connectivity index (χ4n) is 1.69. The molecule has 0 fully saturated rings. The van der Waals surface area contributed by atoms with E-state index in [9.17, 15) is 4.79 Å². The summed E-state index contributed by atoms with van der Waals surface area (Å²) in [6, 6.07) is 5.50. The Morgan fingerprint density at radius 1 is 1.48 bits per heavy atom. The highest BCUT2D eigenvalue weighted by Crippen LogP contribution is 2.21. The molecule has 0 aliphatic heterocycles. The zero-order chi connectivity index (χ0) is 15.4. The van der Waals surface area contributed by atoms with E-state index in [0.29, 0.717) is 10.2 Å². The Bertz CT molecular complexity index is 643. The highest BCUT2D eigenvalue weighted by Gasteiger charge is 2.12. The molecule has 1 amide bonds. The first-order chi connectivity index (χ1) is 9.97. The molecule has 6 nitrogen and oxygen atoms in total. The third-order valence-corrected chi connectivity index (χ3v) is 3.92. The van der Waals surface area contributed by atoms with Gasteiger partial charge in [-0.15, -0.1) is 5.10 Å². The van der Waals surface area contributed by atoms with E-state index < -0.39 is 0 Å². The van der Waals surface area contributed by atoms with Gasteiger partial charge in [0.25, 0.3) is 0 Å². The van der Waals surface area contributed by atoms with Crippen molar-refractivity contribution in [1.82, 2.24) is 20.2 Å². The van der Waals surface area contributed by atoms with Gasteiger partial charge < -0.3 is 5.32 Å². The van der Waals surface area contributed by atoms with Gasteiger partial charge in [-0.25, -0.2) is 4.68 Å². The third kappa shape index (κ3) is 4.18. The summed E-state index contributed by atoms with van der Waals surface area (Å²) in [5, 5.41) is 15.6. The molecule has 1 aromatic heterocycles. The van der Waals surface area contributed by atoms with E-state index in [0.717, 1.165) is 11.3 Å². The molecule has 0 bridgehead atoms. The predicted octanol–water partition coefficient (Wildman–Crippen LogP) is 2.95. The molecule has 21 heavy (non-hydrogen) atoms. The summed E-state index contributed by atoms with van der Waals surface area (Å²) in [4.78, 5) is 12.0. The van der Waals surface area contributed by atoms with Gasteiger partial charge in [-0.2, -0.15) is 0 Å². The molecule has 1 aromatic carbocycles. The molecular formula is C13H16ClN5OS. The molecule has 1 heterocycles. The lowest BCUT2D eigenvalue weighted by molar-refractivity contribution is -0.113. The predicted molar refractivity (Wildman–Crippen MR) is 83.7 cm³/mol. The van der Waals surface area contributed by atoms with Gasteiger partial charge in [-0.1, -0.05) is 23.4 Å². The van der Waals surface area contributed by atoms with Gasteiger partial charge >= 0.3 is 0 Å². The normalized spacial score (nSPS) is 10.9. The molecule has 1 N–H and O–H groups in total. The third-order valence-electron chi connectivity index (χ3n) is 2.75. The van der Waals surface area contributed by atoms with Crippen LogP contribution in [-0.2, 0) is 4.79 Å². The average Bonchev–Trinajstić information content (AvgIpc) is 2.88. The number of thioether (sulfide) groups is 1. The van der Waals surface area contributed by atoms with Gasteiger partial charge in [-0.3, -0.25) is 4.79 Å². The molecule has 0 unspecified atom stereocenters. The molecule has 0 radical (unpaired) electrons. The summed E-state index contributed by atoms with van der Waals surface area (Å²) >= 11 is 7.19. The Balaban J connectivity index is 1.94. The van der Waals surface area contributed by atoms with Gasteiger partial charge in [0.1, 0.15) is 0 Å². The molecule has 0 atom stereocenters. The maximum atomic E-state index is 12.0. The molecule has 0 aliphatic rings. The van der Waals surface area contributed by atoms with Crippen LogP contribution in [0.2, 0.25) is 5.02 Å². The minimum atomic E-state index is -0.108. The number of amides is 1. The first kappa shape index (κ1) is 15.8. The Hall–Kier alpha value is -1.60. The quantitative estimate of drug-likeness (QED) is 0.856. The van der Waals surface area contributed by atoms with E-state index in [1.807, 2.05) is 26.8 Å². The Morgan fingerprint density at radius 2 is 2.24 bits per heavy atom. The highest BCUT2D eigenvalue weighted by atomic mass is 35.5. The molecular weight excluding hydrogens is 310 g/mol. The maximum Gasteiger partial charge on any atom is 0.234 e. The first-order valence-corrected chi connectivity index (χ1v) is 7.80. The second-order valence-corrected chi connectivity index (χ2v) is 6.17. The number of aromatic nitrogens is 4. The number of nitrogens with one attached hydrogen (secondary N) is 1. The van der Waals surface area contributed by atoms with Crippen molar-refractivity contribution in [3.05, 3.63) is 28.8 Å². The molecule has 0 aliphatic carbocycles. The highest BCUT2D eigenvalue weighted by molar-refractivity contribution is 7.99. The van der Waals surface area contributed by atoms with Gasteiger partial charge in [-0.05, 0) is 55.0 Å². The summed E-state index contributed by atoms with van der Waals surface area (Å²) < 4.78 is 1.69. The number of hydrogen-bond donors (Lipinski definition) is 1. The van der Waals surface area contributed by atoms with Crippen molar-refractivity contribution >= 4 is 35.0 Å². The average molecular weight is 326 g/mol. The second kappa shape index (κ2) is 6.91. The smallest absolute Gasteiger partial charge is 0.234 e. The fraction of sp³-hybridized carbons (Fsp3) is 0.385. The van der Waals surface area contributed by atoms with E-state index in [2.05, 4.69) is 20.8 Å². The van der Waals surface area contributed by atoms with E-state index in [1.54, 1.807) is 16.8 Å². The summed E-state index contributed by atoms with van der Waals surface area (Å²) in [7, 11) is 0. The van der Waals surface area contributed by atoms with E-state index in [-0.39, 0.29) is 17.7 Å². The van der Waals surface area contributed by atoms with E-state index in [4.69, 9.17) is 11.6 Å². The minimum absolute atomic E-state index is 0.108. The number of tetrazole rings is 1. The summed E-state index contributed by atoms with van der Waals surface area (Å²) in [6.07, 6.45) is 0. The van der Waals surface area contributed by atoms with Crippen LogP contribution in [0.15, 0.2) is 23.4 Å². The zero-order valence-corrected chi connectivity index (χ0v) is 13.6. The number of carbonyl (C=O) groups is 1. The lowest BCUT2D eigenvalue weighted by Gasteiger charge is -2.09. The van der Waals surface area contributed by atoms with Crippen molar-refractivity contribution < 1.29 is 4.79 Å². The van der Waals surface area contributed by atoms with Crippen molar-refractivity contribution in [2.24, 2.45) is 0 Å². The monoisotopic (exact) mass is 325 g/mol. The number of benzene rings is 1. The van der Waals surface area contributed by atoms with Crippen LogP contribution in [0.4, 0.5) is 5.69 Å². The molecule has 112 valence electrons. The number of carbonyl (C=O) groups excluding carboxylic acids is 1. The maximum absolute atomic E-state index is 12.0. The van der Waals surface area contributed by atoms with Gasteiger partial charge in [0.05, 0.1) is 11.8 Å². The van der Waals surface area contributed by atoms with Crippen molar-refractivity contribution in [2.75, 3.05) is 11.1 Å². The number of halogens is 1. The van der Waals surface area contributed by atoms with E-state index in [1.165, 1.54) is 11.8 Å². The van der Waals surface area contributed by atoms with Crippen molar-refractivity contribution in [3.8, 4) is 0 Å². The SMILES string of the molecule is Cc1cc(Cl)ccc1NC(=O)CSc1nnnn1C(C)C. The molecule has 0 saturated heterocycles. The van der Waals surface area contributed by atoms with E-state index >= 15 is 0 Å². The Kier molecular flexibility index (Phi) is 5.19. The van der Waals surface area contributed by atoms with Crippen LogP contribution < -0.4 is 5.32 Å². The Labute approximate surface area is 132 Å². The van der Waals surface area contributed by atoms with Crippen LogP contribution >= 0.6 is 23.4 Å². The lowest BCUT2D eigenvalue weighted by atomic mass is 10.2. The first-order valence-electron chi connectivity index (χ1n) is 6.44. The van der Waals surface area contributed by atoms with Crippen LogP contribution in [0.3, 0.4) is 0 Å². The largest absolute Gasteiger partial charge is 0.325 e. The van der Waals surface area contributed by atoms with Crippen LogP contribution in [0.5, 0.6) is 0 Å². The van der Waals surface area contributed by atoms with Crippen molar-refractivity contribution in [3.63, 3.8) is 0 Å². The Morgan fingerprint density at radius 3 is 2.90 bits per heavy atom. The number of anilines is 1. The number of nitrogens with zero attached hydrogens (tertiary/aromatic N) is 4. The topological polar surface area (TPSA) is 72.7 Å². The van der Waals surface area contributed by atoms with Crippen LogP contribution in [0.25, 0.3) is 0 Å². The molecule has 0 saturated carbocycles. The van der Waals surface area contributed by atoms with Gasteiger partial charge in [0.2, 0.25) is 11.1 Å². The van der Waals surface area contributed by atoms with Crippen LogP contribution in [0, 0.1) is 6.92 Å². The zero-order valence-electron chi connectivity index (χ0n) is 12.0. The number of aryl methyl sites for hydroxylation is 1. The summed E-state index contributed by atoms with van der Waals surface area (Å²) in [6.45, 7) is 5.86. The summed E-state index contributed by atoms with van der Waals surface area (Å²) in [5.41, 5.74) is 1.68. The second-order valence-electron chi connectivity index (χ2n) is 4.80. The minimum Gasteiger partial charge on any atom is -0.325 e. The summed E-state index contributed by atoms with van der Waals surface area (Å²) in [5.74, 6) is 0.138. The standard InChI is InChI=1S/C13H16ClN5OS/c1-8(2)19-13(16-17-18-19)21-7-12(20)15-11-5-4-10(14)6-9(11)3/h4-6,8H,7H2,1-3H3,(H,15,20). The lowest BCUT2D eigenvalue weighted by Crippen LogP contribution is -2.15. The molecule has 2 aromatic rings. The van der Waals surface area contributed by atoms with Crippen molar-refractivity contribution in [1.29, 1.82) is 0 Å². The molecule has 2 rings (SSSR count). The number of rotatable bonds is 5. The van der Waals surface area contributed by atoms with Gasteiger partial charge in [0.15, 0.2) is 0 Å². The fourth-order valence-corrected chi connectivity index (χ4v) is 2.72. The van der Waals surface area contributed by atoms with Crippen molar-refractivity contribution in [2.45, 2.75) is 32.0 Å². The molecule has 8 heteroatoms. The van der Waals surface area contributed by atoms with Crippen LogP contribution in [0.1, 0.15) is 25.5 Å². The molecule has 0 spiro atoms. The number of hydrogen-bond acceptors (Lipinski definition) is 5. The van der Waals surface area contributed by atoms with Crippen LogP contribution in [-0.4, -0.2) is 31.9 Å².